The van der Waals surface area contributed by atoms with Crippen LogP contribution < -0.4 is 0 Å². The number of benzene rings is 1. The number of halogens is 3. The number of rotatable bonds is 3. The summed E-state index contributed by atoms with van der Waals surface area (Å²) in [6, 6.07) is 7.49. The Morgan fingerprint density at radius 3 is 2.43 bits per heavy atom. The van der Waals surface area contributed by atoms with Gasteiger partial charge in [-0.05, 0) is 22.7 Å². The smallest absolute Gasteiger partial charge is 0.145 e. The first-order chi connectivity index (χ1) is 6.43. The summed E-state index contributed by atoms with van der Waals surface area (Å²) < 4.78 is 21.5. The molecular formula is C8H6Br3O2S-. The SMILES string of the molecule is O=S([O-])C(Br)(Br)Cc1ccccc1Br. The molecule has 0 saturated heterocycles. The molecule has 0 aliphatic heterocycles. The first-order valence-corrected chi connectivity index (χ1v) is 7.09. The van der Waals surface area contributed by atoms with Crippen LogP contribution in [0.15, 0.2) is 28.7 Å². The highest BCUT2D eigenvalue weighted by atomic mass is 79.9. The lowest BCUT2D eigenvalue weighted by Crippen LogP contribution is -2.21. The second-order valence-corrected chi connectivity index (χ2v) is 9.48. The molecule has 1 aromatic carbocycles. The highest BCUT2D eigenvalue weighted by molar-refractivity contribution is 9.27. The van der Waals surface area contributed by atoms with Crippen molar-refractivity contribution in [1.82, 2.24) is 0 Å². The average molecular weight is 406 g/mol. The molecule has 0 amide bonds. The lowest BCUT2D eigenvalue weighted by atomic mass is 10.2. The van der Waals surface area contributed by atoms with E-state index in [0.717, 1.165) is 10.0 Å². The zero-order chi connectivity index (χ0) is 10.8. The summed E-state index contributed by atoms with van der Waals surface area (Å²) in [6.07, 6.45) is 0.352. The molecule has 2 nitrogen and oxygen atoms in total. The molecule has 1 unspecified atom stereocenters. The van der Waals surface area contributed by atoms with Gasteiger partial charge in [-0.15, -0.1) is 0 Å². The summed E-state index contributed by atoms with van der Waals surface area (Å²) in [5.74, 6) is 0. The maximum atomic E-state index is 10.8. The van der Waals surface area contributed by atoms with Gasteiger partial charge in [0.25, 0.3) is 0 Å². The van der Waals surface area contributed by atoms with Crippen molar-refractivity contribution in [3.63, 3.8) is 0 Å². The first kappa shape index (κ1) is 12.8. The Hall–Kier alpha value is 0.770. The third kappa shape index (κ3) is 3.41. The average Bonchev–Trinajstić information content (AvgIpc) is 2.08. The molecule has 1 rings (SSSR count). The van der Waals surface area contributed by atoms with Crippen LogP contribution in [0.25, 0.3) is 0 Å². The fourth-order valence-electron chi connectivity index (χ4n) is 0.922. The molecule has 14 heavy (non-hydrogen) atoms. The van der Waals surface area contributed by atoms with Crippen LogP contribution in [-0.4, -0.2) is 11.3 Å². The zero-order valence-electron chi connectivity index (χ0n) is 6.88. The minimum atomic E-state index is -2.22. The number of alkyl halides is 2. The quantitative estimate of drug-likeness (QED) is 0.571. The molecule has 0 aliphatic carbocycles. The summed E-state index contributed by atoms with van der Waals surface area (Å²) in [5, 5.41) is 0. The Kier molecular flexibility index (Phi) is 4.77. The van der Waals surface area contributed by atoms with Crippen LogP contribution in [0.5, 0.6) is 0 Å². The van der Waals surface area contributed by atoms with Crippen LogP contribution in [-0.2, 0) is 17.5 Å². The van der Waals surface area contributed by atoms with Crippen LogP contribution in [0.1, 0.15) is 5.56 Å². The van der Waals surface area contributed by atoms with Crippen LogP contribution in [0, 0.1) is 0 Å². The van der Waals surface area contributed by atoms with Crippen molar-refractivity contribution in [2.45, 2.75) is 8.99 Å². The fourth-order valence-corrected chi connectivity index (χ4v) is 2.22. The highest BCUT2D eigenvalue weighted by Crippen LogP contribution is 2.35. The van der Waals surface area contributed by atoms with Gasteiger partial charge in [-0.25, -0.2) is 0 Å². The van der Waals surface area contributed by atoms with Crippen LogP contribution in [0.4, 0.5) is 0 Å². The Morgan fingerprint density at radius 1 is 1.36 bits per heavy atom. The van der Waals surface area contributed by atoms with E-state index in [1.165, 1.54) is 0 Å². The van der Waals surface area contributed by atoms with E-state index in [-0.39, 0.29) is 0 Å². The van der Waals surface area contributed by atoms with Crippen molar-refractivity contribution < 1.29 is 8.76 Å². The summed E-state index contributed by atoms with van der Waals surface area (Å²) >= 11 is 7.33. The molecule has 0 aromatic heterocycles. The van der Waals surface area contributed by atoms with E-state index in [1.807, 2.05) is 24.3 Å². The van der Waals surface area contributed by atoms with E-state index in [2.05, 4.69) is 47.8 Å². The molecule has 0 spiro atoms. The molecule has 0 fully saturated rings. The van der Waals surface area contributed by atoms with E-state index >= 15 is 0 Å². The van der Waals surface area contributed by atoms with Crippen molar-refractivity contribution in [1.29, 1.82) is 0 Å². The van der Waals surface area contributed by atoms with Gasteiger partial charge in [0.2, 0.25) is 0 Å². The molecule has 6 heteroatoms. The molecule has 0 N–H and O–H groups in total. The Labute approximate surface area is 110 Å². The molecule has 0 bridgehead atoms. The third-order valence-corrected chi connectivity index (χ3v) is 5.15. The molecule has 1 atom stereocenters. The second kappa shape index (κ2) is 5.21. The lowest BCUT2D eigenvalue weighted by molar-refractivity contribution is 0.531. The summed E-state index contributed by atoms with van der Waals surface area (Å²) in [7, 11) is 0. The molecule has 0 saturated carbocycles. The summed E-state index contributed by atoms with van der Waals surface area (Å²) in [5.41, 5.74) is 0.922. The van der Waals surface area contributed by atoms with Crippen molar-refractivity contribution in [3.05, 3.63) is 34.3 Å². The van der Waals surface area contributed by atoms with Crippen LogP contribution in [0.2, 0.25) is 0 Å². The monoisotopic (exact) mass is 403 g/mol. The molecule has 0 radical (unpaired) electrons. The molecule has 1 aromatic rings. The van der Waals surface area contributed by atoms with Gasteiger partial charge in [-0.3, -0.25) is 4.21 Å². The first-order valence-electron chi connectivity index (χ1n) is 3.64. The topological polar surface area (TPSA) is 40.1 Å². The van der Waals surface area contributed by atoms with Crippen LogP contribution >= 0.6 is 47.8 Å². The van der Waals surface area contributed by atoms with Crippen molar-refractivity contribution in [2.75, 3.05) is 0 Å². The Balaban J connectivity index is 2.89. The highest BCUT2D eigenvalue weighted by Gasteiger charge is 2.25. The Bertz CT molecular complexity index is 354. The van der Waals surface area contributed by atoms with Crippen molar-refractivity contribution >= 4 is 58.9 Å². The predicted octanol–water partition coefficient (Wildman–Crippen LogP) is 3.31. The predicted molar refractivity (Wildman–Crippen MR) is 67.4 cm³/mol. The van der Waals surface area contributed by atoms with Crippen molar-refractivity contribution in [2.24, 2.45) is 0 Å². The summed E-state index contributed by atoms with van der Waals surface area (Å²) in [6.45, 7) is 0. The molecular weight excluding hydrogens is 400 g/mol. The largest absolute Gasteiger partial charge is 0.771 e. The molecule has 0 heterocycles. The van der Waals surface area contributed by atoms with E-state index in [1.54, 1.807) is 0 Å². The maximum absolute atomic E-state index is 10.8. The van der Waals surface area contributed by atoms with E-state index in [9.17, 15) is 8.76 Å². The third-order valence-electron chi connectivity index (χ3n) is 1.60. The normalized spacial score (nSPS) is 14.0. The molecule has 0 aliphatic rings. The standard InChI is InChI=1S/C8H7Br3O2S/c9-7-4-2-1-3-6(7)5-8(10,11)14(12)13/h1-4H,5H2,(H,12,13)/p-1. The maximum Gasteiger partial charge on any atom is 0.145 e. The lowest BCUT2D eigenvalue weighted by Gasteiger charge is -2.23. The van der Waals surface area contributed by atoms with Gasteiger partial charge in [0.05, 0.1) is 0 Å². The summed E-state index contributed by atoms with van der Waals surface area (Å²) in [4.78, 5) is 0. The Morgan fingerprint density at radius 2 is 1.93 bits per heavy atom. The van der Waals surface area contributed by atoms with Gasteiger partial charge in [0, 0.05) is 10.9 Å². The van der Waals surface area contributed by atoms with Gasteiger partial charge < -0.3 is 4.55 Å². The second-order valence-electron chi connectivity index (χ2n) is 2.64. The van der Waals surface area contributed by atoms with E-state index in [0.29, 0.717) is 6.42 Å². The number of hydrogen-bond donors (Lipinski definition) is 0. The van der Waals surface area contributed by atoms with Gasteiger partial charge in [0.1, 0.15) is 2.57 Å². The van der Waals surface area contributed by atoms with E-state index in [4.69, 9.17) is 0 Å². The van der Waals surface area contributed by atoms with E-state index < -0.39 is 13.6 Å². The number of hydrogen-bond acceptors (Lipinski definition) is 2. The van der Waals surface area contributed by atoms with Gasteiger partial charge in [0.15, 0.2) is 0 Å². The van der Waals surface area contributed by atoms with Crippen molar-refractivity contribution in [3.8, 4) is 0 Å². The van der Waals surface area contributed by atoms with Crippen LogP contribution in [0.3, 0.4) is 0 Å². The molecule has 78 valence electrons. The van der Waals surface area contributed by atoms with Gasteiger partial charge in [-0.2, -0.15) is 0 Å². The fraction of sp³-hybridized carbons (Fsp3) is 0.250. The minimum absolute atomic E-state index is 0.352. The minimum Gasteiger partial charge on any atom is -0.771 e. The van der Waals surface area contributed by atoms with Gasteiger partial charge >= 0.3 is 0 Å². The zero-order valence-corrected chi connectivity index (χ0v) is 12.4. The van der Waals surface area contributed by atoms with Gasteiger partial charge in [-0.1, -0.05) is 66.0 Å².